The van der Waals surface area contributed by atoms with E-state index in [1.807, 2.05) is 18.2 Å². The molecule has 17 heavy (non-hydrogen) atoms. The highest BCUT2D eigenvalue weighted by molar-refractivity contribution is 9.10. The highest BCUT2D eigenvalue weighted by Gasteiger charge is 2.32. The van der Waals surface area contributed by atoms with Crippen molar-refractivity contribution in [1.29, 1.82) is 0 Å². The number of benzene rings is 1. The van der Waals surface area contributed by atoms with E-state index in [-0.39, 0.29) is 5.78 Å². The van der Waals surface area contributed by atoms with Gasteiger partial charge in [-0.1, -0.05) is 15.9 Å². The van der Waals surface area contributed by atoms with Crippen LogP contribution in [0.5, 0.6) is 0 Å². The number of fused-ring (bicyclic) bond motifs is 3. The molecule has 90 valence electrons. The molecule has 2 aliphatic rings. The Morgan fingerprint density at radius 2 is 2.24 bits per heavy atom. The molecule has 3 rings (SSSR count). The Labute approximate surface area is 109 Å². The first kappa shape index (κ1) is 11.2. The van der Waals surface area contributed by atoms with E-state index in [4.69, 9.17) is 4.74 Å². The van der Waals surface area contributed by atoms with Crippen molar-refractivity contribution in [2.24, 2.45) is 0 Å². The Morgan fingerprint density at radius 1 is 1.35 bits per heavy atom. The molecule has 3 nitrogen and oxygen atoms in total. The Hall–Kier alpha value is -0.870. The molecule has 0 amide bonds. The minimum atomic E-state index is 0.260. The number of Topliss-reactive ketones (excluding diaryl/α,β-unsaturated/α-hetero) is 1. The molecule has 0 aromatic heterocycles. The van der Waals surface area contributed by atoms with Crippen molar-refractivity contribution in [3.8, 4) is 0 Å². The summed E-state index contributed by atoms with van der Waals surface area (Å²) in [5.74, 6) is 0.260. The van der Waals surface area contributed by atoms with Crippen LogP contribution < -0.4 is 4.90 Å². The van der Waals surface area contributed by atoms with Crippen LogP contribution in [0.25, 0.3) is 0 Å². The first-order chi connectivity index (χ1) is 8.25. The van der Waals surface area contributed by atoms with Gasteiger partial charge in [-0.3, -0.25) is 4.79 Å². The van der Waals surface area contributed by atoms with Gasteiger partial charge in [-0.25, -0.2) is 0 Å². The van der Waals surface area contributed by atoms with Gasteiger partial charge < -0.3 is 9.64 Å². The van der Waals surface area contributed by atoms with Crippen molar-refractivity contribution in [2.45, 2.75) is 18.9 Å². The third-order valence-corrected chi connectivity index (χ3v) is 4.00. The lowest BCUT2D eigenvalue weighted by molar-refractivity contribution is 0.0963. The number of carbonyl (C=O) groups excluding carboxylic acids is 1. The first-order valence-corrected chi connectivity index (χ1v) is 6.72. The molecular formula is C13H14BrNO2. The summed E-state index contributed by atoms with van der Waals surface area (Å²) in [7, 11) is 0. The van der Waals surface area contributed by atoms with Gasteiger partial charge in [0.1, 0.15) is 0 Å². The van der Waals surface area contributed by atoms with Crippen LogP contribution in [0.4, 0.5) is 5.69 Å². The van der Waals surface area contributed by atoms with E-state index in [2.05, 4.69) is 20.8 Å². The van der Waals surface area contributed by atoms with Gasteiger partial charge in [-0.15, -0.1) is 0 Å². The largest absolute Gasteiger partial charge is 0.380 e. The Kier molecular flexibility index (Phi) is 2.92. The maximum atomic E-state index is 12.1. The topological polar surface area (TPSA) is 29.5 Å². The second kappa shape index (κ2) is 4.42. The highest BCUT2D eigenvalue weighted by Crippen LogP contribution is 2.34. The van der Waals surface area contributed by atoms with E-state index in [9.17, 15) is 4.79 Å². The Balaban J connectivity index is 2.06. The van der Waals surface area contributed by atoms with Crippen LogP contribution in [-0.4, -0.2) is 31.6 Å². The lowest BCUT2D eigenvalue weighted by Gasteiger charge is -2.36. The standard InChI is InChI=1S/C13H14BrNO2/c14-9-1-2-11-12(7-9)15-4-6-17-5-3-10(15)8-13(11)16/h1-2,7,10H,3-6,8H2. The van der Waals surface area contributed by atoms with Gasteiger partial charge >= 0.3 is 0 Å². The first-order valence-electron chi connectivity index (χ1n) is 5.93. The smallest absolute Gasteiger partial charge is 0.167 e. The molecule has 0 bridgehead atoms. The van der Waals surface area contributed by atoms with Gasteiger partial charge in [0, 0.05) is 41.3 Å². The van der Waals surface area contributed by atoms with Crippen LogP contribution in [0.1, 0.15) is 23.2 Å². The van der Waals surface area contributed by atoms with E-state index in [1.54, 1.807) is 0 Å². The summed E-state index contributed by atoms with van der Waals surface area (Å²) in [6.07, 6.45) is 1.57. The molecule has 4 heteroatoms. The molecule has 0 N–H and O–H groups in total. The number of ketones is 1. The average Bonchev–Trinajstić information content (AvgIpc) is 2.54. The molecule has 1 fully saturated rings. The Bertz CT molecular complexity index is 461. The number of ether oxygens (including phenoxy) is 1. The molecule has 1 saturated heterocycles. The summed E-state index contributed by atoms with van der Waals surface area (Å²) in [6.45, 7) is 2.38. The van der Waals surface area contributed by atoms with E-state index in [0.717, 1.165) is 41.9 Å². The number of carbonyl (C=O) groups is 1. The quantitative estimate of drug-likeness (QED) is 0.737. The average molecular weight is 296 g/mol. The number of anilines is 1. The van der Waals surface area contributed by atoms with Crippen LogP contribution >= 0.6 is 15.9 Å². The zero-order valence-corrected chi connectivity index (χ0v) is 11.1. The van der Waals surface area contributed by atoms with Crippen molar-refractivity contribution in [3.63, 3.8) is 0 Å². The van der Waals surface area contributed by atoms with Crippen LogP contribution in [0.2, 0.25) is 0 Å². The van der Waals surface area contributed by atoms with E-state index >= 15 is 0 Å². The number of rotatable bonds is 0. The van der Waals surface area contributed by atoms with Crippen molar-refractivity contribution < 1.29 is 9.53 Å². The van der Waals surface area contributed by atoms with Crippen molar-refractivity contribution >= 4 is 27.4 Å². The lowest BCUT2D eigenvalue weighted by Crippen LogP contribution is -2.42. The minimum absolute atomic E-state index is 0.260. The molecule has 2 heterocycles. The summed E-state index contributed by atoms with van der Waals surface area (Å²) in [6, 6.07) is 6.21. The van der Waals surface area contributed by atoms with E-state index < -0.39 is 0 Å². The number of halogens is 1. The lowest BCUT2D eigenvalue weighted by atomic mass is 9.93. The van der Waals surface area contributed by atoms with Gasteiger partial charge in [0.15, 0.2) is 5.78 Å². The molecule has 0 radical (unpaired) electrons. The maximum absolute atomic E-state index is 12.1. The number of nitrogens with zero attached hydrogens (tertiary/aromatic N) is 1. The van der Waals surface area contributed by atoms with Gasteiger partial charge in [0.25, 0.3) is 0 Å². The molecule has 0 spiro atoms. The SMILES string of the molecule is O=C1CC2CCOCCN2c2cc(Br)ccc21. The van der Waals surface area contributed by atoms with Crippen LogP contribution in [0.3, 0.4) is 0 Å². The third kappa shape index (κ3) is 2.00. The van der Waals surface area contributed by atoms with Crippen molar-refractivity contribution in [1.82, 2.24) is 0 Å². The zero-order valence-electron chi connectivity index (χ0n) is 9.49. The van der Waals surface area contributed by atoms with E-state index in [0.29, 0.717) is 12.5 Å². The normalized spacial score (nSPS) is 23.9. The molecule has 0 aliphatic carbocycles. The third-order valence-electron chi connectivity index (χ3n) is 3.50. The predicted octanol–water partition coefficient (Wildman–Crippen LogP) is 2.63. The fourth-order valence-electron chi connectivity index (χ4n) is 2.65. The monoisotopic (exact) mass is 295 g/mol. The molecule has 0 saturated carbocycles. The van der Waals surface area contributed by atoms with Gasteiger partial charge in [-0.05, 0) is 24.6 Å². The van der Waals surface area contributed by atoms with Crippen LogP contribution in [0.15, 0.2) is 22.7 Å². The maximum Gasteiger partial charge on any atom is 0.167 e. The summed E-state index contributed by atoms with van der Waals surface area (Å²) < 4.78 is 6.53. The molecular weight excluding hydrogens is 282 g/mol. The Morgan fingerprint density at radius 3 is 3.12 bits per heavy atom. The summed E-state index contributed by atoms with van der Waals surface area (Å²) in [5.41, 5.74) is 1.91. The number of hydrogen-bond acceptors (Lipinski definition) is 3. The molecule has 1 unspecified atom stereocenters. The molecule has 1 atom stereocenters. The minimum Gasteiger partial charge on any atom is -0.380 e. The van der Waals surface area contributed by atoms with Gasteiger partial charge in [0.2, 0.25) is 0 Å². The predicted molar refractivity (Wildman–Crippen MR) is 69.7 cm³/mol. The molecule has 1 aromatic rings. The number of hydrogen-bond donors (Lipinski definition) is 0. The van der Waals surface area contributed by atoms with Crippen molar-refractivity contribution in [3.05, 3.63) is 28.2 Å². The summed E-state index contributed by atoms with van der Waals surface area (Å²) >= 11 is 3.48. The fourth-order valence-corrected chi connectivity index (χ4v) is 3.00. The van der Waals surface area contributed by atoms with Gasteiger partial charge in [0.05, 0.1) is 6.61 Å². The van der Waals surface area contributed by atoms with E-state index in [1.165, 1.54) is 0 Å². The summed E-state index contributed by atoms with van der Waals surface area (Å²) in [5, 5.41) is 0. The van der Waals surface area contributed by atoms with Gasteiger partial charge in [-0.2, -0.15) is 0 Å². The second-order valence-electron chi connectivity index (χ2n) is 4.54. The van der Waals surface area contributed by atoms with Crippen LogP contribution in [-0.2, 0) is 4.74 Å². The van der Waals surface area contributed by atoms with Crippen LogP contribution in [0, 0.1) is 0 Å². The molecule has 1 aromatic carbocycles. The fraction of sp³-hybridized carbons (Fsp3) is 0.462. The molecule has 2 aliphatic heterocycles. The summed E-state index contributed by atoms with van der Waals surface area (Å²) in [4.78, 5) is 14.4. The van der Waals surface area contributed by atoms with Crippen molar-refractivity contribution in [2.75, 3.05) is 24.7 Å². The second-order valence-corrected chi connectivity index (χ2v) is 5.45. The highest BCUT2D eigenvalue weighted by atomic mass is 79.9. The zero-order chi connectivity index (χ0) is 11.8.